The maximum absolute atomic E-state index is 12.2. The molecule has 31 heavy (non-hydrogen) atoms. The van der Waals surface area contributed by atoms with Crippen molar-refractivity contribution in [3.05, 3.63) is 33.1 Å². The predicted octanol–water partition coefficient (Wildman–Crippen LogP) is 2.52. The highest BCUT2D eigenvalue weighted by molar-refractivity contribution is 7.44. The molecular formula is C20H33N4O6P. The lowest BCUT2D eigenvalue weighted by Gasteiger charge is -2.35. The molecule has 0 aromatic carbocycles. The van der Waals surface area contributed by atoms with Crippen LogP contribution in [0.5, 0.6) is 0 Å². The van der Waals surface area contributed by atoms with E-state index in [9.17, 15) is 9.59 Å². The molecule has 10 nitrogen and oxygen atoms in total. The van der Waals surface area contributed by atoms with Crippen molar-refractivity contribution in [1.82, 2.24) is 14.2 Å². The van der Waals surface area contributed by atoms with Crippen molar-refractivity contribution in [2.24, 2.45) is 0 Å². The van der Waals surface area contributed by atoms with E-state index in [-0.39, 0.29) is 37.3 Å². The largest absolute Gasteiger partial charge is 0.374 e. The summed E-state index contributed by atoms with van der Waals surface area (Å²) in [5.41, 5.74) is -1.01. The van der Waals surface area contributed by atoms with Crippen LogP contribution in [0.1, 0.15) is 53.7 Å². The van der Waals surface area contributed by atoms with Gasteiger partial charge in [-0.25, -0.2) is 9.46 Å². The smallest absolute Gasteiger partial charge is 0.330 e. The molecule has 1 aliphatic heterocycles. The highest BCUT2D eigenvalue weighted by Crippen LogP contribution is 2.46. The Morgan fingerprint density at radius 1 is 1.32 bits per heavy atom. The number of aromatic amines is 1. The number of rotatable bonds is 12. The maximum atomic E-state index is 12.2. The molecule has 1 saturated heterocycles. The van der Waals surface area contributed by atoms with Crippen LogP contribution in [0.15, 0.2) is 21.9 Å². The van der Waals surface area contributed by atoms with E-state index in [1.807, 2.05) is 6.92 Å². The van der Waals surface area contributed by atoms with E-state index < -0.39 is 26.0 Å². The maximum Gasteiger partial charge on any atom is 0.330 e. The first kappa shape index (κ1) is 25.7. The SMILES string of the molecule is CCO[C@@H]1C[C@@H](COP(OCCC#N)N(C(C)C)C(C)C)O[C@H]1n1ccc(=O)[nH]c1=O. The highest BCUT2D eigenvalue weighted by Gasteiger charge is 2.39. The molecule has 174 valence electrons. The lowest BCUT2D eigenvalue weighted by atomic mass is 10.2. The molecule has 1 aromatic heterocycles. The van der Waals surface area contributed by atoms with E-state index in [4.69, 9.17) is 23.8 Å². The van der Waals surface area contributed by atoms with Gasteiger partial charge in [0.15, 0.2) is 6.23 Å². The van der Waals surface area contributed by atoms with Crippen LogP contribution in [-0.4, -0.2) is 58.3 Å². The number of nitrogens with one attached hydrogen (secondary N) is 1. The molecule has 0 amide bonds. The van der Waals surface area contributed by atoms with Gasteiger partial charge in [-0.15, -0.1) is 0 Å². The summed E-state index contributed by atoms with van der Waals surface area (Å²) < 4.78 is 27.4. The molecule has 2 heterocycles. The van der Waals surface area contributed by atoms with Gasteiger partial charge in [-0.3, -0.25) is 14.3 Å². The zero-order valence-electron chi connectivity index (χ0n) is 18.8. The van der Waals surface area contributed by atoms with Gasteiger partial charge in [-0.2, -0.15) is 5.26 Å². The molecule has 1 N–H and O–H groups in total. The van der Waals surface area contributed by atoms with E-state index in [0.29, 0.717) is 19.6 Å². The molecular weight excluding hydrogens is 423 g/mol. The molecule has 0 radical (unpaired) electrons. The summed E-state index contributed by atoms with van der Waals surface area (Å²) in [7, 11) is -1.39. The van der Waals surface area contributed by atoms with Crippen molar-refractivity contribution < 1.29 is 18.5 Å². The first-order chi connectivity index (χ1) is 14.8. The van der Waals surface area contributed by atoms with E-state index in [0.717, 1.165) is 0 Å². The van der Waals surface area contributed by atoms with Crippen molar-refractivity contribution in [2.45, 2.75) is 78.0 Å². The van der Waals surface area contributed by atoms with Crippen molar-refractivity contribution in [3.63, 3.8) is 0 Å². The van der Waals surface area contributed by atoms with Crippen molar-refractivity contribution in [3.8, 4) is 6.07 Å². The Morgan fingerprint density at radius 3 is 2.61 bits per heavy atom. The molecule has 0 spiro atoms. The van der Waals surface area contributed by atoms with Crippen LogP contribution in [-0.2, 0) is 18.5 Å². The predicted molar refractivity (Wildman–Crippen MR) is 116 cm³/mol. The molecule has 4 atom stereocenters. The number of nitrogens with zero attached hydrogens (tertiary/aromatic N) is 3. The molecule has 11 heteroatoms. The molecule has 1 unspecified atom stereocenters. The molecule has 2 rings (SSSR count). The molecule has 0 bridgehead atoms. The van der Waals surface area contributed by atoms with E-state index >= 15 is 0 Å². The first-order valence-corrected chi connectivity index (χ1v) is 11.7. The average molecular weight is 456 g/mol. The second-order valence-corrected chi connectivity index (χ2v) is 9.19. The summed E-state index contributed by atoms with van der Waals surface area (Å²) in [5.74, 6) is 0. The minimum atomic E-state index is -1.39. The number of H-pyrrole nitrogens is 1. The fraction of sp³-hybridized carbons (Fsp3) is 0.750. The van der Waals surface area contributed by atoms with Crippen LogP contribution >= 0.6 is 8.53 Å². The molecule has 1 fully saturated rings. The Hall–Kier alpha value is -1.60. The van der Waals surface area contributed by atoms with Crippen LogP contribution in [0.3, 0.4) is 0 Å². The number of hydrogen-bond donors (Lipinski definition) is 1. The Kier molecular flexibility index (Phi) is 10.3. The van der Waals surface area contributed by atoms with E-state index in [2.05, 4.69) is 43.4 Å². The third kappa shape index (κ3) is 7.21. The Labute approximate surface area is 184 Å². The van der Waals surface area contributed by atoms with E-state index in [1.165, 1.54) is 16.8 Å². The topological polar surface area (TPSA) is 119 Å². The van der Waals surface area contributed by atoms with Crippen molar-refractivity contribution in [1.29, 1.82) is 5.26 Å². The third-order valence-electron chi connectivity index (χ3n) is 4.68. The monoisotopic (exact) mass is 456 g/mol. The summed E-state index contributed by atoms with van der Waals surface area (Å²) in [6.45, 7) is 11.2. The summed E-state index contributed by atoms with van der Waals surface area (Å²) in [5, 5.41) is 8.83. The van der Waals surface area contributed by atoms with Crippen LogP contribution in [0.25, 0.3) is 0 Å². The number of hydrogen-bond acceptors (Lipinski definition) is 8. The van der Waals surface area contributed by atoms with Gasteiger partial charge in [0.05, 0.1) is 31.8 Å². The van der Waals surface area contributed by atoms with Gasteiger partial charge >= 0.3 is 5.69 Å². The minimum absolute atomic E-state index is 0.196. The summed E-state index contributed by atoms with van der Waals surface area (Å²) in [6, 6.07) is 3.76. The van der Waals surface area contributed by atoms with Gasteiger partial charge in [0.25, 0.3) is 14.1 Å². The quantitative estimate of drug-likeness (QED) is 0.376. The van der Waals surface area contributed by atoms with Gasteiger partial charge in [-0.05, 0) is 34.6 Å². The second-order valence-electron chi connectivity index (χ2n) is 7.74. The number of nitriles is 1. The van der Waals surface area contributed by atoms with Crippen LogP contribution in [0.2, 0.25) is 0 Å². The minimum Gasteiger partial charge on any atom is -0.374 e. The van der Waals surface area contributed by atoms with Crippen molar-refractivity contribution >= 4 is 8.53 Å². The van der Waals surface area contributed by atoms with Gasteiger partial charge in [-0.1, -0.05) is 0 Å². The molecule has 0 aliphatic carbocycles. The molecule has 0 saturated carbocycles. The van der Waals surface area contributed by atoms with Gasteiger partial charge in [0, 0.05) is 37.4 Å². The Balaban J connectivity index is 2.11. The average Bonchev–Trinajstić information content (AvgIpc) is 3.08. The van der Waals surface area contributed by atoms with Gasteiger partial charge < -0.3 is 18.5 Å². The Morgan fingerprint density at radius 2 is 2.03 bits per heavy atom. The zero-order chi connectivity index (χ0) is 23.0. The fourth-order valence-corrected chi connectivity index (χ4v) is 5.16. The van der Waals surface area contributed by atoms with Crippen LogP contribution in [0.4, 0.5) is 0 Å². The molecule has 1 aliphatic rings. The zero-order valence-corrected chi connectivity index (χ0v) is 19.7. The fourth-order valence-electron chi connectivity index (χ4n) is 3.52. The van der Waals surface area contributed by atoms with Gasteiger partial charge in [0.1, 0.15) is 6.10 Å². The van der Waals surface area contributed by atoms with Crippen LogP contribution in [0, 0.1) is 11.3 Å². The Bertz CT molecular complexity index is 828. The summed E-state index contributed by atoms with van der Waals surface area (Å²) in [6.07, 6.45) is 0.920. The van der Waals surface area contributed by atoms with E-state index in [1.54, 1.807) is 0 Å². The normalized spacial score (nSPS) is 22.4. The van der Waals surface area contributed by atoms with Gasteiger partial charge in [0.2, 0.25) is 0 Å². The van der Waals surface area contributed by atoms with Crippen LogP contribution < -0.4 is 11.2 Å². The lowest BCUT2D eigenvalue weighted by Crippen LogP contribution is -2.35. The molecule has 1 aromatic rings. The summed E-state index contributed by atoms with van der Waals surface area (Å²) >= 11 is 0. The number of aromatic nitrogens is 2. The van der Waals surface area contributed by atoms with Crippen molar-refractivity contribution in [2.75, 3.05) is 19.8 Å². The number of ether oxygens (including phenoxy) is 2. The standard InChI is InChI=1S/C20H33N4O6P/c1-6-27-17-12-16(30-19(17)23-10-8-18(25)22-20(23)26)13-29-31(28-11-7-9-21)24(14(2)3)15(4)5/h8,10,14-17,19H,6-7,11-13H2,1-5H3,(H,22,25,26)/t16-,17+,19+,31?/m0/s1. The first-order valence-electron chi connectivity index (χ1n) is 10.6. The summed E-state index contributed by atoms with van der Waals surface area (Å²) in [4.78, 5) is 25.9. The second kappa shape index (κ2) is 12.4. The highest BCUT2D eigenvalue weighted by atomic mass is 31.2. The third-order valence-corrected chi connectivity index (χ3v) is 6.76. The lowest BCUT2D eigenvalue weighted by molar-refractivity contribution is -0.0695.